The molecule has 3 heteroatoms. The predicted molar refractivity (Wildman–Crippen MR) is 76.4 cm³/mol. The highest BCUT2D eigenvalue weighted by molar-refractivity contribution is 9.10. The van der Waals surface area contributed by atoms with Crippen LogP contribution in [0.2, 0.25) is 0 Å². The fourth-order valence-corrected chi connectivity index (χ4v) is 2.36. The first-order valence-corrected chi connectivity index (χ1v) is 6.85. The Kier molecular flexibility index (Phi) is 5.19. The molecule has 0 amide bonds. The minimum Gasteiger partial charge on any atom is -0.493 e. The minimum absolute atomic E-state index is 0.230. The van der Waals surface area contributed by atoms with Gasteiger partial charge in [0.1, 0.15) is 5.75 Å². The summed E-state index contributed by atoms with van der Waals surface area (Å²) in [4.78, 5) is 0. The maximum Gasteiger partial charge on any atom is 0.120 e. The molecule has 1 nitrogen and oxygen atoms in total. The second kappa shape index (κ2) is 5.97. The molecule has 0 fully saturated rings. The highest BCUT2D eigenvalue weighted by Gasteiger charge is 2.23. The third kappa shape index (κ3) is 4.38. The summed E-state index contributed by atoms with van der Waals surface area (Å²) in [5.74, 6) is 2.21. The molecule has 0 aliphatic heterocycles. The summed E-state index contributed by atoms with van der Waals surface area (Å²) >= 11 is 7.82. The van der Waals surface area contributed by atoms with Crippen LogP contribution < -0.4 is 4.74 Å². The predicted octanol–water partition coefficient (Wildman–Crippen LogP) is 4.42. The van der Waals surface area contributed by atoms with Gasteiger partial charge >= 0.3 is 0 Å². The molecule has 1 rings (SSSR count). The van der Waals surface area contributed by atoms with E-state index in [1.807, 2.05) is 24.3 Å². The van der Waals surface area contributed by atoms with Crippen molar-refractivity contribution in [1.29, 1.82) is 0 Å². The van der Waals surface area contributed by atoms with Crippen molar-refractivity contribution in [2.24, 2.45) is 11.3 Å². The monoisotopic (exact) mass is 302 g/mol. The zero-order chi connectivity index (χ0) is 12.2. The summed E-state index contributed by atoms with van der Waals surface area (Å²) < 4.78 is 6.83. The zero-order valence-corrected chi connectivity index (χ0v) is 12.5. The molecule has 0 saturated heterocycles. The van der Waals surface area contributed by atoms with Crippen LogP contribution >= 0.6 is 28.6 Å². The van der Waals surface area contributed by atoms with Gasteiger partial charge in [0, 0.05) is 10.4 Å². The molecule has 90 valence electrons. The van der Waals surface area contributed by atoms with Crippen LogP contribution in [0.4, 0.5) is 0 Å². The van der Waals surface area contributed by atoms with Crippen LogP contribution in [0.15, 0.2) is 28.7 Å². The molecule has 16 heavy (non-hydrogen) atoms. The lowest BCUT2D eigenvalue weighted by Crippen LogP contribution is -2.28. The second-order valence-electron chi connectivity index (χ2n) is 5.01. The van der Waals surface area contributed by atoms with Gasteiger partial charge in [-0.1, -0.05) is 42.8 Å². The van der Waals surface area contributed by atoms with Crippen LogP contribution in [0.25, 0.3) is 0 Å². The smallest absolute Gasteiger partial charge is 0.120 e. The van der Waals surface area contributed by atoms with Gasteiger partial charge in [-0.15, -0.1) is 0 Å². The van der Waals surface area contributed by atoms with Crippen LogP contribution in [0.1, 0.15) is 20.8 Å². The SMILES string of the molecule is CC(C)(C)C(CS)COc1cccc(Br)c1. The quantitative estimate of drug-likeness (QED) is 0.810. The van der Waals surface area contributed by atoms with Crippen molar-refractivity contribution < 1.29 is 4.74 Å². The third-order valence-corrected chi connectivity index (χ3v) is 3.63. The number of thiol groups is 1. The highest BCUT2D eigenvalue weighted by Crippen LogP contribution is 2.28. The first-order chi connectivity index (χ1) is 7.43. The van der Waals surface area contributed by atoms with Gasteiger partial charge in [-0.3, -0.25) is 0 Å². The molecule has 1 atom stereocenters. The van der Waals surface area contributed by atoms with Crippen LogP contribution in [0.3, 0.4) is 0 Å². The molecule has 0 aliphatic carbocycles. The van der Waals surface area contributed by atoms with Crippen LogP contribution in [-0.2, 0) is 0 Å². The maximum absolute atomic E-state index is 5.79. The van der Waals surface area contributed by atoms with E-state index < -0.39 is 0 Å². The van der Waals surface area contributed by atoms with Gasteiger partial charge < -0.3 is 4.74 Å². The fourth-order valence-electron chi connectivity index (χ4n) is 1.33. The fraction of sp³-hybridized carbons (Fsp3) is 0.538. The van der Waals surface area contributed by atoms with Crippen molar-refractivity contribution in [1.82, 2.24) is 0 Å². The molecule has 1 aromatic rings. The molecular formula is C13H19BrOS. The average Bonchev–Trinajstić information content (AvgIpc) is 2.16. The first kappa shape index (κ1) is 13.9. The maximum atomic E-state index is 5.79. The topological polar surface area (TPSA) is 9.23 Å². The molecule has 0 bridgehead atoms. The standard InChI is InChI=1S/C13H19BrOS/c1-13(2,3)10(9-16)8-15-12-6-4-5-11(14)7-12/h4-7,10,16H,8-9H2,1-3H3. The van der Waals surface area contributed by atoms with E-state index in [-0.39, 0.29) is 5.41 Å². The summed E-state index contributed by atoms with van der Waals surface area (Å²) in [6, 6.07) is 7.93. The molecular weight excluding hydrogens is 284 g/mol. The normalized spacial score (nSPS) is 13.6. The van der Waals surface area contributed by atoms with Crippen molar-refractivity contribution in [3.63, 3.8) is 0 Å². The summed E-state index contributed by atoms with van der Waals surface area (Å²) in [6.07, 6.45) is 0. The lowest BCUT2D eigenvalue weighted by Gasteiger charge is -2.29. The number of hydrogen-bond donors (Lipinski definition) is 1. The van der Waals surface area contributed by atoms with Gasteiger partial charge in [0.05, 0.1) is 6.61 Å². The highest BCUT2D eigenvalue weighted by atomic mass is 79.9. The lowest BCUT2D eigenvalue weighted by molar-refractivity contribution is 0.165. The molecule has 0 N–H and O–H groups in total. The van der Waals surface area contributed by atoms with Gasteiger partial charge in [0.2, 0.25) is 0 Å². The number of ether oxygens (including phenoxy) is 1. The molecule has 0 saturated carbocycles. The lowest BCUT2D eigenvalue weighted by atomic mass is 9.82. The van der Waals surface area contributed by atoms with Crippen molar-refractivity contribution in [3.05, 3.63) is 28.7 Å². The number of rotatable bonds is 4. The Bertz CT molecular complexity index is 333. The van der Waals surface area contributed by atoms with Crippen molar-refractivity contribution in [2.75, 3.05) is 12.4 Å². The van der Waals surface area contributed by atoms with Gasteiger partial charge in [-0.25, -0.2) is 0 Å². The van der Waals surface area contributed by atoms with Gasteiger partial charge in [-0.05, 0) is 29.4 Å². The molecule has 0 heterocycles. The summed E-state index contributed by atoms with van der Waals surface area (Å²) in [5.41, 5.74) is 0.230. The number of hydrogen-bond acceptors (Lipinski definition) is 2. The number of halogens is 1. The van der Waals surface area contributed by atoms with E-state index in [9.17, 15) is 0 Å². The molecule has 1 unspecified atom stereocenters. The van der Waals surface area contributed by atoms with E-state index in [2.05, 4.69) is 49.3 Å². The Labute approximate surface area is 112 Å². The summed E-state index contributed by atoms with van der Waals surface area (Å²) in [6.45, 7) is 7.37. The van der Waals surface area contributed by atoms with E-state index in [1.54, 1.807) is 0 Å². The number of benzene rings is 1. The van der Waals surface area contributed by atoms with Gasteiger partial charge in [-0.2, -0.15) is 12.6 Å². The van der Waals surface area contributed by atoms with Crippen LogP contribution in [0, 0.1) is 11.3 Å². The Morgan fingerprint density at radius 1 is 1.38 bits per heavy atom. The molecule has 0 radical (unpaired) electrons. The average molecular weight is 303 g/mol. The second-order valence-corrected chi connectivity index (χ2v) is 6.29. The summed E-state index contributed by atoms with van der Waals surface area (Å²) in [7, 11) is 0. The van der Waals surface area contributed by atoms with E-state index in [0.717, 1.165) is 16.0 Å². The molecule has 0 aliphatic rings. The van der Waals surface area contributed by atoms with Crippen LogP contribution in [-0.4, -0.2) is 12.4 Å². The summed E-state index contributed by atoms with van der Waals surface area (Å²) in [5, 5.41) is 0. The molecule has 0 aromatic heterocycles. The Hall–Kier alpha value is -0.150. The molecule has 1 aromatic carbocycles. The van der Waals surface area contributed by atoms with E-state index in [0.29, 0.717) is 12.5 Å². The van der Waals surface area contributed by atoms with Gasteiger partial charge in [0.25, 0.3) is 0 Å². The Balaban J connectivity index is 2.56. The third-order valence-electron chi connectivity index (χ3n) is 2.69. The Morgan fingerprint density at radius 3 is 2.56 bits per heavy atom. The van der Waals surface area contributed by atoms with Crippen LogP contribution in [0.5, 0.6) is 5.75 Å². The first-order valence-electron chi connectivity index (χ1n) is 5.42. The molecule has 0 spiro atoms. The minimum atomic E-state index is 0.230. The van der Waals surface area contributed by atoms with E-state index in [1.165, 1.54) is 0 Å². The van der Waals surface area contributed by atoms with E-state index in [4.69, 9.17) is 4.74 Å². The van der Waals surface area contributed by atoms with Crippen molar-refractivity contribution >= 4 is 28.6 Å². The zero-order valence-electron chi connectivity index (χ0n) is 10.0. The van der Waals surface area contributed by atoms with E-state index >= 15 is 0 Å². The Morgan fingerprint density at radius 2 is 2.06 bits per heavy atom. The van der Waals surface area contributed by atoms with Crippen molar-refractivity contribution in [2.45, 2.75) is 20.8 Å². The van der Waals surface area contributed by atoms with Gasteiger partial charge in [0.15, 0.2) is 0 Å². The van der Waals surface area contributed by atoms with Crippen molar-refractivity contribution in [3.8, 4) is 5.75 Å². The largest absolute Gasteiger partial charge is 0.493 e.